The van der Waals surface area contributed by atoms with E-state index in [4.69, 9.17) is 21.3 Å². The highest BCUT2D eigenvalue weighted by molar-refractivity contribution is 6.33. The Morgan fingerprint density at radius 2 is 2.00 bits per heavy atom. The van der Waals surface area contributed by atoms with Crippen molar-refractivity contribution in [2.75, 3.05) is 0 Å². The zero-order valence-corrected chi connectivity index (χ0v) is 20.6. The molecule has 0 spiro atoms. The highest BCUT2D eigenvalue weighted by Crippen LogP contribution is 2.44. The first-order chi connectivity index (χ1) is 18.5. The van der Waals surface area contributed by atoms with Crippen molar-refractivity contribution < 1.29 is 18.0 Å². The molecule has 0 saturated heterocycles. The van der Waals surface area contributed by atoms with Gasteiger partial charge in [0.05, 0.1) is 16.4 Å². The summed E-state index contributed by atoms with van der Waals surface area (Å²) in [5.41, 5.74) is 5.54. The zero-order chi connectivity index (χ0) is 26.0. The molecule has 0 unspecified atom stereocenters. The smallest absolute Gasteiger partial charge is 0.439 e. The van der Waals surface area contributed by atoms with E-state index in [1.165, 1.54) is 18.2 Å². The molecule has 0 bridgehead atoms. The van der Waals surface area contributed by atoms with Crippen LogP contribution in [0, 0.1) is 5.82 Å². The number of hydrogen-bond donors (Lipinski definition) is 1. The molecule has 190 valence electrons. The van der Waals surface area contributed by atoms with Gasteiger partial charge in [0.1, 0.15) is 18.2 Å². The fraction of sp³-hybridized carbons (Fsp3) is 0.179. The van der Waals surface area contributed by atoms with Gasteiger partial charge in [0.25, 0.3) is 0 Å². The highest BCUT2D eigenvalue weighted by Gasteiger charge is 2.31. The van der Waals surface area contributed by atoms with Crippen molar-refractivity contribution in [2.24, 2.45) is 0 Å². The Balaban J connectivity index is 1.36. The van der Waals surface area contributed by atoms with Gasteiger partial charge in [-0.3, -0.25) is 9.51 Å². The monoisotopic (exact) mass is 532 g/mol. The fourth-order valence-electron chi connectivity index (χ4n) is 5.08. The first kappa shape index (κ1) is 22.9. The van der Waals surface area contributed by atoms with Crippen LogP contribution in [-0.4, -0.2) is 19.5 Å². The fourth-order valence-corrected chi connectivity index (χ4v) is 5.28. The van der Waals surface area contributed by atoms with Gasteiger partial charge in [0, 0.05) is 35.7 Å². The zero-order valence-electron chi connectivity index (χ0n) is 19.8. The first-order valence-corrected chi connectivity index (χ1v) is 12.5. The molecule has 1 aliphatic heterocycles. The van der Waals surface area contributed by atoms with Gasteiger partial charge in [0.2, 0.25) is 5.82 Å². The number of H-pyrrole nitrogens is 1. The molecule has 38 heavy (non-hydrogen) atoms. The van der Waals surface area contributed by atoms with Crippen LogP contribution < -0.4 is 10.5 Å². The molecule has 1 saturated carbocycles. The topological polar surface area (TPSA) is 85.4 Å². The number of ether oxygens (including phenoxy) is 1. The second kappa shape index (κ2) is 8.66. The van der Waals surface area contributed by atoms with E-state index in [9.17, 15) is 9.18 Å². The second-order valence-corrected chi connectivity index (χ2v) is 9.90. The molecule has 7 nitrogen and oxygen atoms in total. The van der Waals surface area contributed by atoms with Gasteiger partial charge < -0.3 is 9.14 Å². The number of benzene rings is 2. The van der Waals surface area contributed by atoms with Gasteiger partial charge in [-0.15, -0.1) is 0 Å². The number of imidazole rings is 1. The van der Waals surface area contributed by atoms with Gasteiger partial charge in [-0.05, 0) is 53.8 Å². The Morgan fingerprint density at radius 3 is 2.79 bits per heavy atom. The van der Waals surface area contributed by atoms with Crippen LogP contribution in [0.25, 0.3) is 17.0 Å². The van der Waals surface area contributed by atoms with E-state index < -0.39 is 17.4 Å². The van der Waals surface area contributed by atoms with E-state index in [1.54, 1.807) is 0 Å². The molecule has 0 radical (unpaired) electrons. The Labute approximate surface area is 219 Å². The summed E-state index contributed by atoms with van der Waals surface area (Å²) in [4.78, 5) is 18.6. The summed E-state index contributed by atoms with van der Waals surface area (Å²) < 4.78 is 42.4. The molecule has 7 rings (SSSR count). The number of rotatable bonds is 4. The quantitative estimate of drug-likeness (QED) is 0.304. The molecule has 5 aromatic rings. The summed E-state index contributed by atoms with van der Waals surface area (Å²) in [5.74, 6) is -1.95. The summed E-state index contributed by atoms with van der Waals surface area (Å²) in [6.45, 7) is 0.0974. The van der Waals surface area contributed by atoms with Crippen LogP contribution in [0.15, 0.2) is 64.0 Å². The van der Waals surface area contributed by atoms with Crippen LogP contribution in [0.4, 0.5) is 8.78 Å². The molecule has 0 atom stereocenters. The number of fused-ring (bicyclic) bond motifs is 3. The third kappa shape index (κ3) is 3.81. The van der Waals surface area contributed by atoms with Crippen molar-refractivity contribution in [3.8, 4) is 5.75 Å². The van der Waals surface area contributed by atoms with Crippen LogP contribution >= 0.6 is 11.6 Å². The van der Waals surface area contributed by atoms with E-state index in [0.717, 1.165) is 35.4 Å². The van der Waals surface area contributed by atoms with Gasteiger partial charge in [-0.2, -0.15) is 0 Å². The van der Waals surface area contributed by atoms with Gasteiger partial charge in [-0.25, -0.2) is 18.6 Å². The predicted molar refractivity (Wildman–Crippen MR) is 136 cm³/mol. The number of aromatic nitrogens is 4. The van der Waals surface area contributed by atoms with E-state index in [0.29, 0.717) is 34.1 Å². The number of nitrogens with zero attached hydrogens (tertiary/aromatic N) is 3. The van der Waals surface area contributed by atoms with Crippen molar-refractivity contribution in [2.45, 2.75) is 31.8 Å². The van der Waals surface area contributed by atoms with Crippen LogP contribution in [0.1, 0.15) is 58.2 Å². The predicted octanol–water partition coefficient (Wildman–Crippen LogP) is 6.05. The maximum absolute atomic E-state index is 15.9. The maximum atomic E-state index is 15.9. The first-order valence-electron chi connectivity index (χ1n) is 12.1. The lowest BCUT2D eigenvalue weighted by atomic mass is 9.91. The van der Waals surface area contributed by atoms with Crippen LogP contribution in [0.5, 0.6) is 5.75 Å². The van der Waals surface area contributed by atoms with Gasteiger partial charge in [0.15, 0.2) is 11.5 Å². The average molecular weight is 533 g/mol. The molecule has 2 aliphatic rings. The Bertz CT molecular complexity index is 1830. The average Bonchev–Trinajstić information content (AvgIpc) is 3.59. The van der Waals surface area contributed by atoms with Gasteiger partial charge in [-0.1, -0.05) is 35.0 Å². The SMILES string of the molecule is O=c1[nH]c(/C(F)=C2\c3ccc(Cc4c(C5CC5)nc5c(Cl)cccn45)cc3COc3cc(F)ccc32)no1. The van der Waals surface area contributed by atoms with Crippen molar-refractivity contribution >= 4 is 28.6 Å². The lowest BCUT2D eigenvalue weighted by molar-refractivity contribution is 0.305. The summed E-state index contributed by atoms with van der Waals surface area (Å²) in [5, 5.41) is 4.10. The third-order valence-corrected chi connectivity index (χ3v) is 7.27. The Morgan fingerprint density at radius 1 is 1.16 bits per heavy atom. The number of pyridine rings is 1. The molecule has 1 N–H and O–H groups in total. The lowest BCUT2D eigenvalue weighted by Crippen LogP contribution is -2.02. The molecule has 10 heteroatoms. The summed E-state index contributed by atoms with van der Waals surface area (Å²) in [6, 6.07) is 13.3. The number of aromatic amines is 1. The van der Waals surface area contributed by atoms with E-state index in [1.807, 2.05) is 40.9 Å². The summed E-state index contributed by atoms with van der Waals surface area (Å²) in [6.07, 6.45) is 4.74. The van der Waals surface area contributed by atoms with E-state index in [-0.39, 0.29) is 23.8 Å². The van der Waals surface area contributed by atoms with E-state index >= 15 is 4.39 Å². The molecule has 0 amide bonds. The van der Waals surface area contributed by atoms with Crippen molar-refractivity contribution in [1.29, 1.82) is 0 Å². The molecule has 4 heterocycles. The molecular formula is C28H19ClF2N4O3. The molecule has 1 aliphatic carbocycles. The number of halogens is 3. The molecule has 2 aromatic carbocycles. The second-order valence-electron chi connectivity index (χ2n) is 9.50. The number of nitrogens with one attached hydrogen (secondary N) is 1. The van der Waals surface area contributed by atoms with Gasteiger partial charge >= 0.3 is 5.76 Å². The van der Waals surface area contributed by atoms with Crippen molar-refractivity contribution in [1.82, 2.24) is 19.5 Å². The minimum Gasteiger partial charge on any atom is -0.488 e. The standard InChI is InChI=1S/C28H19ClF2N4O3/c29-20-2-1-9-35-21(25(15-4-5-15)32-27(20)35)11-14-3-7-18-16(10-14)13-37-22-12-17(30)6-8-19(22)23(18)24(31)26-33-28(36)38-34-26/h1-3,6-10,12,15H,4-5,11,13H2,(H,33,34,36)/b24-23-. The molecule has 3 aromatic heterocycles. The van der Waals surface area contributed by atoms with E-state index in [2.05, 4.69) is 14.7 Å². The van der Waals surface area contributed by atoms with Crippen LogP contribution in [0.3, 0.4) is 0 Å². The highest BCUT2D eigenvalue weighted by atomic mass is 35.5. The normalized spacial score (nSPS) is 16.1. The molecule has 1 fully saturated rings. The third-order valence-electron chi connectivity index (χ3n) is 6.97. The van der Waals surface area contributed by atoms with Crippen molar-refractivity contribution in [3.63, 3.8) is 0 Å². The number of hydrogen-bond acceptors (Lipinski definition) is 5. The van der Waals surface area contributed by atoms with Crippen LogP contribution in [0.2, 0.25) is 5.02 Å². The van der Waals surface area contributed by atoms with Crippen molar-refractivity contribution in [3.05, 3.63) is 116 Å². The summed E-state index contributed by atoms with van der Waals surface area (Å²) >= 11 is 6.44. The summed E-state index contributed by atoms with van der Waals surface area (Å²) in [7, 11) is 0. The van der Waals surface area contributed by atoms with Crippen LogP contribution in [-0.2, 0) is 13.0 Å². The lowest BCUT2D eigenvalue weighted by Gasteiger charge is -2.13. The minimum atomic E-state index is -0.880. The maximum Gasteiger partial charge on any atom is 0.439 e. The Hall–Kier alpha value is -4.24. The molecular weight excluding hydrogens is 514 g/mol. The Kier molecular flexibility index (Phi) is 5.23. The largest absolute Gasteiger partial charge is 0.488 e. The minimum absolute atomic E-state index is 0.0974.